The van der Waals surface area contributed by atoms with Gasteiger partial charge in [-0.25, -0.2) is 9.97 Å². The summed E-state index contributed by atoms with van der Waals surface area (Å²) in [6, 6.07) is 7.78. The molecule has 0 bridgehead atoms. The maximum absolute atomic E-state index is 12.5. The van der Waals surface area contributed by atoms with Crippen LogP contribution in [0.25, 0.3) is 22.2 Å². The van der Waals surface area contributed by atoms with Crippen molar-refractivity contribution >= 4 is 34.4 Å². The van der Waals surface area contributed by atoms with Crippen molar-refractivity contribution in [1.82, 2.24) is 24.3 Å². The molecule has 1 unspecified atom stereocenters. The van der Waals surface area contributed by atoms with Gasteiger partial charge in [0.05, 0.1) is 11.4 Å². The van der Waals surface area contributed by atoms with Crippen LogP contribution >= 0.6 is 11.6 Å². The van der Waals surface area contributed by atoms with Gasteiger partial charge in [-0.2, -0.15) is 0 Å². The highest BCUT2D eigenvalue weighted by Gasteiger charge is 2.28. The molecule has 2 N–H and O–H groups in total. The third kappa shape index (κ3) is 4.04. The molecule has 8 heteroatoms. The number of halogens is 1. The van der Waals surface area contributed by atoms with Crippen LogP contribution in [0.1, 0.15) is 12.5 Å². The third-order valence-electron chi connectivity index (χ3n) is 5.39. The number of nitrogens with zero attached hydrogens (tertiary/aromatic N) is 5. The van der Waals surface area contributed by atoms with Crippen molar-refractivity contribution < 1.29 is 4.79 Å². The first kappa shape index (κ1) is 20.4. The first-order chi connectivity index (χ1) is 14.4. The molecule has 1 atom stereocenters. The van der Waals surface area contributed by atoms with Crippen LogP contribution in [0.5, 0.6) is 0 Å². The van der Waals surface area contributed by atoms with Crippen molar-refractivity contribution in [3.05, 3.63) is 54.0 Å². The summed E-state index contributed by atoms with van der Waals surface area (Å²) in [7, 11) is 3.95. The number of amides is 1. The molecule has 1 amide bonds. The van der Waals surface area contributed by atoms with Crippen LogP contribution in [0.2, 0.25) is 5.02 Å². The standard InChI is InChI=1S/C22H25ClN6O/c1-27(2)10-3-4-19(30)28-11-9-17(12-28)29-13-18(15-5-7-16(23)8-6-15)20-21(24)25-14-26-22(20)29/h3-8,13-14,17H,9-12H2,1-2H3,(H2,24,25,26). The van der Waals surface area contributed by atoms with Gasteiger partial charge in [-0.1, -0.05) is 29.8 Å². The van der Waals surface area contributed by atoms with Gasteiger partial charge in [-0.15, -0.1) is 0 Å². The summed E-state index contributed by atoms with van der Waals surface area (Å²) in [6.45, 7) is 2.09. The molecule has 1 aliphatic heterocycles. The normalized spacial score (nSPS) is 16.9. The number of nitrogen functional groups attached to an aromatic ring is 1. The van der Waals surface area contributed by atoms with Gasteiger partial charge in [0.1, 0.15) is 17.8 Å². The number of nitrogens with two attached hydrogens (primary N) is 1. The average molecular weight is 425 g/mol. The Bertz CT molecular complexity index is 1090. The Morgan fingerprint density at radius 2 is 2.07 bits per heavy atom. The molecule has 3 aromatic rings. The van der Waals surface area contributed by atoms with Crippen LogP contribution in [-0.2, 0) is 4.79 Å². The predicted octanol–water partition coefficient (Wildman–Crippen LogP) is 3.23. The average Bonchev–Trinajstić information content (AvgIpc) is 3.34. The Morgan fingerprint density at radius 3 is 2.80 bits per heavy atom. The Hall–Kier alpha value is -2.90. The van der Waals surface area contributed by atoms with E-state index in [4.69, 9.17) is 17.3 Å². The second-order valence-corrected chi connectivity index (χ2v) is 8.24. The number of benzene rings is 1. The predicted molar refractivity (Wildman–Crippen MR) is 120 cm³/mol. The van der Waals surface area contributed by atoms with Gasteiger partial charge in [0.15, 0.2) is 0 Å². The fraction of sp³-hybridized carbons (Fsp3) is 0.318. The summed E-state index contributed by atoms with van der Waals surface area (Å²) in [5.74, 6) is 0.490. The minimum Gasteiger partial charge on any atom is -0.383 e. The SMILES string of the molecule is CN(C)CC=CC(=O)N1CCC(n2cc(-c3ccc(Cl)cc3)c3c(N)ncnc32)C1. The number of hydrogen-bond donors (Lipinski definition) is 1. The highest BCUT2D eigenvalue weighted by molar-refractivity contribution is 6.30. The lowest BCUT2D eigenvalue weighted by atomic mass is 10.1. The van der Waals surface area contributed by atoms with Crippen LogP contribution in [0.15, 0.2) is 48.9 Å². The second kappa shape index (κ2) is 8.45. The lowest BCUT2D eigenvalue weighted by molar-refractivity contribution is -0.125. The molecular formula is C22H25ClN6O. The molecular weight excluding hydrogens is 400 g/mol. The Labute approximate surface area is 180 Å². The summed E-state index contributed by atoms with van der Waals surface area (Å²) in [6.07, 6.45) is 7.98. The van der Waals surface area contributed by atoms with E-state index in [9.17, 15) is 4.79 Å². The zero-order chi connectivity index (χ0) is 21.3. The number of carbonyl (C=O) groups is 1. The summed E-state index contributed by atoms with van der Waals surface area (Å²) in [5, 5.41) is 1.51. The van der Waals surface area contributed by atoms with Crippen LogP contribution in [0.4, 0.5) is 5.82 Å². The van der Waals surface area contributed by atoms with Crippen molar-refractivity contribution in [2.45, 2.75) is 12.5 Å². The minimum absolute atomic E-state index is 0.0443. The zero-order valence-corrected chi connectivity index (χ0v) is 17.9. The van der Waals surface area contributed by atoms with E-state index >= 15 is 0 Å². The highest BCUT2D eigenvalue weighted by Crippen LogP contribution is 2.36. The molecule has 0 saturated carbocycles. The molecule has 2 aromatic heterocycles. The minimum atomic E-state index is 0.0443. The zero-order valence-electron chi connectivity index (χ0n) is 17.1. The number of likely N-dealkylation sites (N-methyl/N-ethyl adjacent to an activating group) is 1. The van der Waals surface area contributed by atoms with Gasteiger partial charge in [-0.05, 0) is 38.2 Å². The van der Waals surface area contributed by atoms with Gasteiger partial charge in [0, 0.05) is 42.5 Å². The topological polar surface area (TPSA) is 80.3 Å². The van der Waals surface area contributed by atoms with E-state index in [0.717, 1.165) is 35.1 Å². The van der Waals surface area contributed by atoms with Gasteiger partial charge in [0.25, 0.3) is 0 Å². The summed E-state index contributed by atoms with van der Waals surface area (Å²) < 4.78 is 2.13. The van der Waals surface area contributed by atoms with Crippen molar-refractivity contribution in [2.75, 3.05) is 39.5 Å². The molecule has 1 fully saturated rings. The molecule has 1 saturated heterocycles. The maximum atomic E-state index is 12.5. The fourth-order valence-electron chi connectivity index (χ4n) is 3.87. The smallest absolute Gasteiger partial charge is 0.246 e. The fourth-order valence-corrected chi connectivity index (χ4v) is 4.00. The Kier molecular flexibility index (Phi) is 5.74. The molecule has 7 nitrogen and oxygen atoms in total. The summed E-state index contributed by atoms with van der Waals surface area (Å²) >= 11 is 6.06. The summed E-state index contributed by atoms with van der Waals surface area (Å²) in [5.41, 5.74) is 8.98. The molecule has 156 valence electrons. The Morgan fingerprint density at radius 1 is 1.30 bits per heavy atom. The Balaban J connectivity index is 1.64. The number of hydrogen-bond acceptors (Lipinski definition) is 5. The van der Waals surface area contributed by atoms with E-state index < -0.39 is 0 Å². The molecule has 3 heterocycles. The molecule has 0 radical (unpaired) electrons. The number of likely N-dealkylation sites (tertiary alicyclic amines) is 1. The van der Waals surface area contributed by atoms with E-state index in [1.807, 2.05) is 54.2 Å². The number of anilines is 1. The van der Waals surface area contributed by atoms with Crippen LogP contribution in [0, 0.1) is 0 Å². The van der Waals surface area contributed by atoms with Crippen LogP contribution in [-0.4, -0.2) is 64.0 Å². The summed E-state index contributed by atoms with van der Waals surface area (Å²) in [4.78, 5) is 25.1. The van der Waals surface area contributed by atoms with Crippen LogP contribution < -0.4 is 5.73 Å². The quantitative estimate of drug-likeness (QED) is 0.636. The van der Waals surface area contributed by atoms with E-state index in [2.05, 4.69) is 20.7 Å². The molecule has 1 aliphatic rings. The van der Waals surface area contributed by atoms with E-state index in [1.165, 1.54) is 6.33 Å². The van der Waals surface area contributed by atoms with Crippen LogP contribution in [0.3, 0.4) is 0 Å². The first-order valence-electron chi connectivity index (χ1n) is 9.91. The number of fused-ring (bicyclic) bond motifs is 1. The molecule has 1 aromatic carbocycles. The van der Waals surface area contributed by atoms with Gasteiger partial charge in [0.2, 0.25) is 5.91 Å². The van der Waals surface area contributed by atoms with Gasteiger partial charge < -0.3 is 20.1 Å². The number of rotatable bonds is 5. The van der Waals surface area contributed by atoms with Gasteiger partial charge >= 0.3 is 0 Å². The second-order valence-electron chi connectivity index (χ2n) is 7.81. The first-order valence-corrected chi connectivity index (χ1v) is 10.3. The maximum Gasteiger partial charge on any atom is 0.246 e. The van der Waals surface area contributed by atoms with Crippen molar-refractivity contribution in [1.29, 1.82) is 0 Å². The van der Waals surface area contributed by atoms with E-state index in [1.54, 1.807) is 6.08 Å². The largest absolute Gasteiger partial charge is 0.383 e. The van der Waals surface area contributed by atoms with Crippen molar-refractivity contribution in [3.8, 4) is 11.1 Å². The lowest BCUT2D eigenvalue weighted by Crippen LogP contribution is -2.27. The van der Waals surface area contributed by atoms with Crippen molar-refractivity contribution in [2.24, 2.45) is 0 Å². The highest BCUT2D eigenvalue weighted by atomic mass is 35.5. The van der Waals surface area contributed by atoms with Gasteiger partial charge in [-0.3, -0.25) is 4.79 Å². The molecule has 4 rings (SSSR count). The molecule has 0 aliphatic carbocycles. The third-order valence-corrected chi connectivity index (χ3v) is 5.65. The number of carbonyl (C=O) groups excluding carboxylic acids is 1. The lowest BCUT2D eigenvalue weighted by Gasteiger charge is -2.16. The van der Waals surface area contributed by atoms with E-state index in [-0.39, 0.29) is 11.9 Å². The number of aromatic nitrogens is 3. The monoisotopic (exact) mass is 424 g/mol. The van der Waals surface area contributed by atoms with E-state index in [0.29, 0.717) is 23.9 Å². The molecule has 0 spiro atoms. The molecule has 30 heavy (non-hydrogen) atoms. The van der Waals surface area contributed by atoms with Crippen molar-refractivity contribution in [3.63, 3.8) is 0 Å².